The van der Waals surface area contributed by atoms with Crippen LogP contribution in [0.1, 0.15) is 37.8 Å². The Labute approximate surface area is 265 Å². The number of ether oxygens (including phenoxy) is 1. The number of carboxylic acid groups (broad SMARTS) is 1. The van der Waals surface area contributed by atoms with Crippen molar-refractivity contribution in [3.8, 4) is 0 Å². The number of nitrogens with one attached hydrogen (secondary N) is 1. The molecule has 2 aromatic rings. The molecule has 13 nitrogen and oxygen atoms in total. The lowest BCUT2D eigenvalue weighted by Crippen LogP contribution is -2.57. The van der Waals surface area contributed by atoms with Crippen molar-refractivity contribution >= 4 is 33.9 Å². The maximum absolute atomic E-state index is 14.3. The summed E-state index contributed by atoms with van der Waals surface area (Å²) in [6, 6.07) is 8.41. The Morgan fingerprint density at radius 2 is 1.83 bits per heavy atom. The van der Waals surface area contributed by atoms with Crippen LogP contribution in [0.2, 0.25) is 0 Å². The Morgan fingerprint density at radius 3 is 2.41 bits per heavy atom. The van der Waals surface area contributed by atoms with Crippen LogP contribution in [0, 0.1) is 17.7 Å². The van der Waals surface area contributed by atoms with E-state index in [0.29, 0.717) is 11.1 Å². The molecule has 15 heteroatoms. The first-order chi connectivity index (χ1) is 21.7. The van der Waals surface area contributed by atoms with E-state index in [4.69, 9.17) is 4.74 Å². The van der Waals surface area contributed by atoms with Crippen LogP contribution in [-0.2, 0) is 42.2 Å². The number of benzene rings is 2. The SMILES string of the molecule is C=C[C@@H]1CC1(NC(=O)[C@@H]1C[C@@H](OC(=O)N2Cc3cccc(F)c3C2)CN1C(=O)C(C(C)C)N(O)S(=O)(=O)c1ccccc1)C(=O)O. The fourth-order valence-electron chi connectivity index (χ4n) is 6.08. The first-order valence-electron chi connectivity index (χ1n) is 14.7. The highest BCUT2D eigenvalue weighted by Crippen LogP contribution is 2.45. The molecule has 3 aliphatic rings. The molecule has 0 aromatic heterocycles. The Bertz CT molecular complexity index is 1670. The number of carbonyl (C=O) groups is 4. The highest BCUT2D eigenvalue weighted by Gasteiger charge is 2.61. The van der Waals surface area contributed by atoms with Crippen LogP contribution >= 0.6 is 0 Å². The van der Waals surface area contributed by atoms with Gasteiger partial charge in [-0.1, -0.05) is 54.7 Å². The highest BCUT2D eigenvalue weighted by molar-refractivity contribution is 7.89. The van der Waals surface area contributed by atoms with Crippen LogP contribution < -0.4 is 5.32 Å². The molecule has 2 aromatic carbocycles. The molecular weight excluding hydrogens is 623 g/mol. The number of carbonyl (C=O) groups excluding carboxylic acids is 3. The van der Waals surface area contributed by atoms with E-state index in [2.05, 4.69) is 11.9 Å². The number of fused-ring (bicyclic) bond motifs is 1. The van der Waals surface area contributed by atoms with E-state index < -0.39 is 75.3 Å². The molecule has 2 heterocycles. The third kappa shape index (κ3) is 5.97. The molecule has 2 aliphatic heterocycles. The monoisotopic (exact) mass is 658 g/mol. The van der Waals surface area contributed by atoms with Gasteiger partial charge in [0.05, 0.1) is 18.0 Å². The van der Waals surface area contributed by atoms with E-state index in [9.17, 15) is 42.3 Å². The molecule has 0 radical (unpaired) electrons. The second kappa shape index (κ2) is 12.5. The van der Waals surface area contributed by atoms with E-state index in [1.54, 1.807) is 12.1 Å². The second-order valence-electron chi connectivity index (χ2n) is 12.1. The summed E-state index contributed by atoms with van der Waals surface area (Å²) in [6.07, 6.45) is -0.645. The molecule has 246 valence electrons. The highest BCUT2D eigenvalue weighted by atomic mass is 32.2. The minimum atomic E-state index is -4.58. The average Bonchev–Trinajstić information content (AvgIpc) is 3.32. The lowest BCUT2D eigenvalue weighted by atomic mass is 10.0. The van der Waals surface area contributed by atoms with Crippen molar-refractivity contribution in [3.63, 3.8) is 0 Å². The Morgan fingerprint density at radius 1 is 1.13 bits per heavy atom. The van der Waals surface area contributed by atoms with Crippen LogP contribution in [0.15, 0.2) is 66.1 Å². The number of sulfonamides is 1. The van der Waals surface area contributed by atoms with Crippen LogP contribution in [0.3, 0.4) is 0 Å². The number of aliphatic carboxylic acids is 1. The lowest BCUT2D eigenvalue weighted by Gasteiger charge is -2.33. The molecule has 1 saturated heterocycles. The summed E-state index contributed by atoms with van der Waals surface area (Å²) in [5.74, 6) is -4.91. The van der Waals surface area contributed by atoms with Gasteiger partial charge >= 0.3 is 12.1 Å². The first kappa shape index (κ1) is 33.0. The maximum atomic E-state index is 14.3. The maximum Gasteiger partial charge on any atom is 0.410 e. The van der Waals surface area contributed by atoms with Crippen molar-refractivity contribution in [2.45, 2.75) is 68.4 Å². The van der Waals surface area contributed by atoms with Gasteiger partial charge in [0.15, 0.2) is 0 Å². The minimum absolute atomic E-state index is 0.0347. The zero-order chi connectivity index (χ0) is 33.6. The number of carboxylic acids is 1. The quantitative estimate of drug-likeness (QED) is 0.256. The number of likely N-dealkylation sites (tertiary alicyclic amines) is 1. The van der Waals surface area contributed by atoms with E-state index in [0.717, 1.165) is 4.90 Å². The van der Waals surface area contributed by atoms with Gasteiger partial charge in [-0.3, -0.25) is 19.7 Å². The van der Waals surface area contributed by atoms with Gasteiger partial charge in [0.1, 0.15) is 29.5 Å². The van der Waals surface area contributed by atoms with Crippen molar-refractivity contribution in [1.29, 1.82) is 0 Å². The topological polar surface area (TPSA) is 174 Å². The van der Waals surface area contributed by atoms with E-state index in [-0.39, 0.29) is 41.8 Å². The molecule has 0 bridgehead atoms. The fraction of sp³-hybridized carbons (Fsp3) is 0.419. The van der Waals surface area contributed by atoms with E-state index in [1.807, 2.05) is 0 Å². The van der Waals surface area contributed by atoms with Crippen molar-refractivity contribution < 1.29 is 47.0 Å². The van der Waals surface area contributed by atoms with Crippen LogP contribution in [-0.4, -0.2) is 87.1 Å². The minimum Gasteiger partial charge on any atom is -0.479 e. The predicted molar refractivity (Wildman–Crippen MR) is 159 cm³/mol. The molecule has 2 unspecified atom stereocenters. The normalized spacial score (nSPS) is 24.4. The largest absolute Gasteiger partial charge is 0.479 e. The number of hydrogen-bond acceptors (Lipinski definition) is 8. The van der Waals surface area contributed by atoms with Gasteiger partial charge in [-0.25, -0.2) is 22.4 Å². The third-order valence-corrected chi connectivity index (χ3v) is 10.3. The van der Waals surface area contributed by atoms with Crippen molar-refractivity contribution in [1.82, 2.24) is 19.6 Å². The molecular formula is C31H35FN4O9S. The van der Waals surface area contributed by atoms with Gasteiger partial charge in [-0.15, -0.1) is 6.58 Å². The zero-order valence-electron chi connectivity index (χ0n) is 25.2. The van der Waals surface area contributed by atoms with Gasteiger partial charge in [0.2, 0.25) is 11.8 Å². The summed E-state index contributed by atoms with van der Waals surface area (Å²) in [5.41, 5.74) is -0.673. The average molecular weight is 659 g/mol. The van der Waals surface area contributed by atoms with Crippen LogP contribution in [0.25, 0.3) is 0 Å². The van der Waals surface area contributed by atoms with E-state index in [1.165, 1.54) is 61.2 Å². The lowest BCUT2D eigenvalue weighted by molar-refractivity contribution is -0.152. The number of nitrogens with zero attached hydrogens (tertiary/aromatic N) is 3. The smallest absolute Gasteiger partial charge is 0.410 e. The summed E-state index contributed by atoms with van der Waals surface area (Å²) >= 11 is 0. The van der Waals surface area contributed by atoms with Crippen molar-refractivity contribution in [2.75, 3.05) is 6.54 Å². The van der Waals surface area contributed by atoms with Gasteiger partial charge in [0, 0.05) is 24.4 Å². The Hall–Kier alpha value is -4.34. The molecule has 5 atom stereocenters. The standard InChI is InChI=1S/C31H35FN4O9S/c1-4-20-14-31(20,29(39)40)33-27(37)25-13-21(45-30(41)34-15-19-9-8-12-24(32)23(19)17-34)16-35(25)28(38)26(18(2)3)36(42)46(43,44)22-10-6-5-7-11-22/h4-12,18,20-21,25-26,42H,1,13-17H2,2-3H3,(H,33,37)(H,39,40)/t20-,21-,25+,26?,31?/m1/s1. The van der Waals surface area contributed by atoms with Crippen LogP contribution in [0.4, 0.5) is 9.18 Å². The molecule has 0 spiro atoms. The molecule has 46 heavy (non-hydrogen) atoms. The predicted octanol–water partition coefficient (Wildman–Crippen LogP) is 2.50. The fourth-order valence-corrected chi connectivity index (χ4v) is 7.43. The third-order valence-electron chi connectivity index (χ3n) is 8.74. The number of halogens is 1. The van der Waals surface area contributed by atoms with Gasteiger partial charge in [0.25, 0.3) is 10.0 Å². The van der Waals surface area contributed by atoms with E-state index >= 15 is 0 Å². The number of rotatable bonds is 10. The Kier molecular flexibility index (Phi) is 8.94. The Balaban J connectivity index is 1.40. The number of hydroxylamine groups is 1. The first-order valence-corrected chi connectivity index (χ1v) is 16.1. The zero-order valence-corrected chi connectivity index (χ0v) is 26.0. The van der Waals surface area contributed by atoms with Crippen molar-refractivity contribution in [3.05, 3.63) is 78.1 Å². The molecule has 5 rings (SSSR count). The molecule has 1 aliphatic carbocycles. The summed E-state index contributed by atoms with van der Waals surface area (Å²) in [5, 5.41) is 23.3. The summed E-state index contributed by atoms with van der Waals surface area (Å²) < 4.78 is 46.5. The van der Waals surface area contributed by atoms with Crippen molar-refractivity contribution in [2.24, 2.45) is 11.8 Å². The summed E-state index contributed by atoms with van der Waals surface area (Å²) in [7, 11) is -4.58. The number of hydrogen-bond donors (Lipinski definition) is 3. The molecule has 3 amide bonds. The summed E-state index contributed by atoms with van der Waals surface area (Å²) in [6.45, 7) is 6.31. The van der Waals surface area contributed by atoms with Gasteiger partial charge < -0.3 is 20.1 Å². The van der Waals surface area contributed by atoms with Crippen LogP contribution in [0.5, 0.6) is 0 Å². The second-order valence-corrected chi connectivity index (χ2v) is 13.9. The van der Waals surface area contributed by atoms with Gasteiger partial charge in [-0.05, 0) is 36.1 Å². The summed E-state index contributed by atoms with van der Waals surface area (Å²) in [4.78, 5) is 54.9. The molecule has 2 fully saturated rings. The van der Waals surface area contributed by atoms with Gasteiger partial charge in [-0.2, -0.15) is 0 Å². The molecule has 3 N–H and O–H groups in total. The number of amides is 3. The molecule has 1 saturated carbocycles.